The number of thiocarbonyl (C=S) groups is 1. The Morgan fingerprint density at radius 2 is 2.05 bits per heavy atom. The average Bonchev–Trinajstić information content (AvgIpc) is 3.04. The molecule has 1 aromatic rings. The van der Waals surface area contributed by atoms with Crippen LogP contribution >= 0.6 is 12.2 Å². The molecular weight excluding hydrogens is 273 g/mol. The number of hydrogen-bond donors (Lipinski definition) is 2. The molecule has 0 radical (unpaired) electrons. The maximum Gasteiger partial charge on any atom is 0.417 e. The summed E-state index contributed by atoms with van der Waals surface area (Å²) in [5.41, 5.74) is 5.07. The molecule has 1 aliphatic rings. The van der Waals surface area contributed by atoms with Gasteiger partial charge >= 0.3 is 6.18 Å². The number of anilines is 1. The van der Waals surface area contributed by atoms with Crippen LogP contribution in [0.3, 0.4) is 0 Å². The van der Waals surface area contributed by atoms with E-state index in [1.807, 2.05) is 0 Å². The Bertz CT molecular complexity index is 507. The van der Waals surface area contributed by atoms with Crippen LogP contribution in [0, 0.1) is 5.41 Å². The maximum atomic E-state index is 12.9. The largest absolute Gasteiger partial charge is 0.417 e. The lowest BCUT2D eigenvalue weighted by Crippen LogP contribution is -2.19. The molecule has 0 atom stereocenters. The Kier molecular flexibility index (Phi) is 3.47. The second-order valence-corrected chi connectivity index (χ2v) is 5.73. The lowest BCUT2D eigenvalue weighted by atomic mass is 10.1. The Balaban J connectivity index is 2.24. The van der Waals surface area contributed by atoms with Gasteiger partial charge < -0.3 is 11.1 Å². The predicted molar refractivity (Wildman–Crippen MR) is 73.2 cm³/mol. The molecule has 19 heavy (non-hydrogen) atoms. The summed E-state index contributed by atoms with van der Waals surface area (Å²) >= 11 is 4.65. The van der Waals surface area contributed by atoms with Crippen molar-refractivity contribution in [3.63, 3.8) is 0 Å². The van der Waals surface area contributed by atoms with Gasteiger partial charge in [0.15, 0.2) is 0 Å². The topological polar surface area (TPSA) is 38.0 Å². The number of alkyl halides is 3. The molecule has 1 saturated carbocycles. The fraction of sp³-hybridized carbons (Fsp3) is 0.462. The van der Waals surface area contributed by atoms with Gasteiger partial charge in [0.25, 0.3) is 0 Å². The van der Waals surface area contributed by atoms with E-state index in [9.17, 15) is 13.2 Å². The molecule has 3 N–H and O–H groups in total. The van der Waals surface area contributed by atoms with Crippen molar-refractivity contribution in [1.82, 2.24) is 0 Å². The number of halogens is 3. The molecule has 0 aromatic heterocycles. The van der Waals surface area contributed by atoms with Gasteiger partial charge in [0.1, 0.15) is 4.99 Å². The van der Waals surface area contributed by atoms with Crippen molar-refractivity contribution < 1.29 is 13.2 Å². The van der Waals surface area contributed by atoms with Crippen LogP contribution in [0.25, 0.3) is 0 Å². The molecule has 0 bridgehead atoms. The molecule has 1 aromatic carbocycles. The van der Waals surface area contributed by atoms with E-state index in [1.165, 1.54) is 6.07 Å². The van der Waals surface area contributed by atoms with E-state index in [-0.39, 0.29) is 16.0 Å². The second-order valence-electron chi connectivity index (χ2n) is 5.29. The molecule has 0 unspecified atom stereocenters. The smallest absolute Gasteiger partial charge is 0.389 e. The Morgan fingerprint density at radius 3 is 2.53 bits per heavy atom. The first kappa shape index (κ1) is 14.1. The second kappa shape index (κ2) is 4.67. The highest BCUT2D eigenvalue weighted by Crippen LogP contribution is 2.45. The molecule has 0 spiro atoms. The van der Waals surface area contributed by atoms with Crippen molar-refractivity contribution in [2.24, 2.45) is 11.1 Å². The van der Waals surface area contributed by atoms with E-state index in [0.717, 1.165) is 18.9 Å². The third-order valence-electron chi connectivity index (χ3n) is 3.41. The minimum atomic E-state index is -4.46. The normalized spacial score (nSPS) is 17.1. The fourth-order valence-electron chi connectivity index (χ4n) is 1.81. The first-order chi connectivity index (χ1) is 8.71. The van der Waals surface area contributed by atoms with Gasteiger partial charge in [-0.25, -0.2) is 0 Å². The first-order valence-electron chi connectivity index (χ1n) is 5.96. The molecule has 2 nitrogen and oxygen atoms in total. The van der Waals surface area contributed by atoms with Gasteiger partial charge in [-0.2, -0.15) is 13.2 Å². The number of rotatable bonds is 4. The zero-order valence-electron chi connectivity index (χ0n) is 10.5. The van der Waals surface area contributed by atoms with Gasteiger partial charge in [-0.1, -0.05) is 19.1 Å². The molecular formula is C13H15F3N2S. The summed E-state index contributed by atoms with van der Waals surface area (Å²) in [6.07, 6.45) is -2.24. The third-order valence-corrected chi connectivity index (χ3v) is 3.63. The lowest BCUT2D eigenvalue weighted by molar-refractivity contribution is -0.137. The minimum Gasteiger partial charge on any atom is -0.389 e. The Morgan fingerprint density at radius 1 is 1.42 bits per heavy atom. The van der Waals surface area contributed by atoms with Gasteiger partial charge in [0.05, 0.1) is 5.56 Å². The van der Waals surface area contributed by atoms with Crippen LogP contribution in [0.1, 0.15) is 30.9 Å². The molecule has 0 amide bonds. The molecule has 0 heterocycles. The number of hydrogen-bond acceptors (Lipinski definition) is 2. The van der Waals surface area contributed by atoms with Crippen molar-refractivity contribution >= 4 is 22.9 Å². The van der Waals surface area contributed by atoms with Gasteiger partial charge in [-0.3, -0.25) is 0 Å². The average molecular weight is 288 g/mol. The van der Waals surface area contributed by atoms with Crippen LogP contribution < -0.4 is 11.1 Å². The van der Waals surface area contributed by atoms with E-state index in [0.29, 0.717) is 12.2 Å². The summed E-state index contributed by atoms with van der Waals surface area (Å²) in [7, 11) is 0. The summed E-state index contributed by atoms with van der Waals surface area (Å²) < 4.78 is 38.8. The van der Waals surface area contributed by atoms with Gasteiger partial charge in [0.2, 0.25) is 0 Å². The van der Waals surface area contributed by atoms with Crippen LogP contribution in [-0.4, -0.2) is 11.5 Å². The molecule has 0 aliphatic heterocycles. The van der Waals surface area contributed by atoms with Crippen molar-refractivity contribution in [3.8, 4) is 0 Å². The van der Waals surface area contributed by atoms with Gasteiger partial charge in [0, 0.05) is 17.8 Å². The molecule has 2 rings (SSSR count). The molecule has 104 valence electrons. The fourth-order valence-corrected chi connectivity index (χ4v) is 1.99. The van der Waals surface area contributed by atoms with Crippen molar-refractivity contribution in [3.05, 3.63) is 29.3 Å². The highest BCUT2D eigenvalue weighted by atomic mass is 32.1. The summed E-state index contributed by atoms with van der Waals surface area (Å²) in [6.45, 7) is 2.78. The Hall–Kier alpha value is -1.30. The van der Waals surface area contributed by atoms with Gasteiger partial charge in [-0.15, -0.1) is 0 Å². The van der Waals surface area contributed by atoms with Crippen LogP contribution in [0.5, 0.6) is 0 Å². The van der Waals surface area contributed by atoms with E-state index in [1.54, 1.807) is 6.07 Å². The van der Waals surface area contributed by atoms with Crippen LogP contribution in [0.15, 0.2) is 18.2 Å². The van der Waals surface area contributed by atoms with E-state index in [2.05, 4.69) is 24.5 Å². The molecule has 1 aliphatic carbocycles. The quantitative estimate of drug-likeness (QED) is 0.832. The van der Waals surface area contributed by atoms with E-state index < -0.39 is 11.7 Å². The number of nitrogens with two attached hydrogens (primary N) is 1. The number of nitrogens with one attached hydrogen (secondary N) is 1. The highest BCUT2D eigenvalue weighted by molar-refractivity contribution is 7.80. The summed E-state index contributed by atoms with van der Waals surface area (Å²) in [5, 5.41) is 3.04. The highest BCUT2D eigenvalue weighted by Gasteiger charge is 2.37. The Labute approximate surface area is 115 Å². The SMILES string of the molecule is CC1(CNc2ccc(C(N)=S)c(C(F)(F)F)c2)CC1. The van der Waals surface area contributed by atoms with Crippen molar-refractivity contribution in [2.45, 2.75) is 25.9 Å². The van der Waals surface area contributed by atoms with Crippen LogP contribution in [0.2, 0.25) is 0 Å². The van der Waals surface area contributed by atoms with E-state index in [4.69, 9.17) is 5.73 Å². The third kappa shape index (κ3) is 3.37. The zero-order valence-corrected chi connectivity index (χ0v) is 11.3. The molecule has 6 heteroatoms. The predicted octanol–water partition coefficient (Wildman–Crippen LogP) is 3.55. The minimum absolute atomic E-state index is 0.134. The van der Waals surface area contributed by atoms with Crippen molar-refractivity contribution in [1.29, 1.82) is 0 Å². The standard InChI is InChI=1S/C13H15F3N2S/c1-12(4-5-12)7-18-8-2-3-9(11(17)19)10(6-8)13(14,15)16/h2-3,6,18H,4-5,7H2,1H3,(H2,17,19). The summed E-state index contributed by atoms with van der Waals surface area (Å²) in [5.74, 6) is 0. The molecule has 0 saturated heterocycles. The van der Waals surface area contributed by atoms with Gasteiger partial charge in [-0.05, 0) is 36.5 Å². The maximum absolute atomic E-state index is 12.9. The molecule has 1 fully saturated rings. The summed E-state index contributed by atoms with van der Waals surface area (Å²) in [4.78, 5) is -0.243. The van der Waals surface area contributed by atoms with Crippen LogP contribution in [-0.2, 0) is 6.18 Å². The van der Waals surface area contributed by atoms with Crippen molar-refractivity contribution in [2.75, 3.05) is 11.9 Å². The summed E-state index contributed by atoms with van der Waals surface area (Å²) in [6, 6.07) is 3.97. The zero-order chi connectivity index (χ0) is 14.3. The lowest BCUT2D eigenvalue weighted by Gasteiger charge is -2.16. The van der Waals surface area contributed by atoms with Crippen LogP contribution in [0.4, 0.5) is 18.9 Å². The number of benzene rings is 1. The van der Waals surface area contributed by atoms with E-state index >= 15 is 0 Å². The first-order valence-corrected chi connectivity index (χ1v) is 6.37. The monoisotopic (exact) mass is 288 g/mol.